The van der Waals surface area contributed by atoms with Gasteiger partial charge in [0, 0.05) is 93.8 Å². The van der Waals surface area contributed by atoms with E-state index in [1.54, 1.807) is 39.2 Å². The molecular formula is C52H65N9O7S4. The fourth-order valence-corrected chi connectivity index (χ4v) is 11.7. The number of benzene rings is 2. The van der Waals surface area contributed by atoms with Crippen molar-refractivity contribution in [1.29, 1.82) is 0 Å². The Kier molecular flexibility index (Phi) is 22.2. The molecule has 0 atom stereocenters. The lowest BCUT2D eigenvalue weighted by Crippen LogP contribution is -2.39. The number of thiazole rings is 2. The number of ether oxygens (including phenoxy) is 1. The molecule has 0 bridgehead atoms. The number of nitrogens with zero attached hydrogens (tertiary/aromatic N) is 3. The quantitative estimate of drug-likeness (QED) is 0.0560. The smallest absolute Gasteiger partial charge is 0.410 e. The Morgan fingerprint density at radius 1 is 0.750 bits per heavy atom. The first kappa shape index (κ1) is 56.8. The van der Waals surface area contributed by atoms with E-state index in [1.807, 2.05) is 86.8 Å². The number of rotatable bonds is 14. The van der Waals surface area contributed by atoms with Gasteiger partial charge in [-0.2, -0.15) is 9.59 Å². The SMILES string of the molecule is CC(C)NCCC(=O)Nc1sc2c(c1-c1nc(C(=O)Nc3ccccc3)cs1)CCCC2.CC(C)NCCC(=O)Nc1sc2c(c1-c1nccs1)CCN(C(=O)OC(C)(C)C)C2.Nc1ccccc1.O=C=O. The zero-order valence-corrected chi connectivity index (χ0v) is 45.1. The molecule has 0 spiro atoms. The summed E-state index contributed by atoms with van der Waals surface area (Å²) in [5, 5.41) is 22.7. The molecule has 1 aliphatic heterocycles. The fraction of sp³-hybridized carbons (Fsp3) is 0.404. The van der Waals surface area contributed by atoms with Crippen molar-refractivity contribution in [1.82, 2.24) is 25.5 Å². The van der Waals surface area contributed by atoms with Crippen LogP contribution in [0.4, 0.5) is 26.2 Å². The molecule has 0 fully saturated rings. The third-order valence-electron chi connectivity index (χ3n) is 10.6. The van der Waals surface area contributed by atoms with Gasteiger partial charge in [0.05, 0.1) is 6.54 Å². The van der Waals surface area contributed by atoms with Crippen LogP contribution in [0.5, 0.6) is 0 Å². The highest BCUT2D eigenvalue weighted by Gasteiger charge is 2.31. The van der Waals surface area contributed by atoms with Gasteiger partial charge in [-0.3, -0.25) is 14.4 Å². The molecule has 1 aliphatic carbocycles. The molecule has 72 heavy (non-hydrogen) atoms. The molecule has 4 amide bonds. The lowest BCUT2D eigenvalue weighted by molar-refractivity contribution is -0.191. The zero-order valence-electron chi connectivity index (χ0n) is 41.8. The van der Waals surface area contributed by atoms with Crippen molar-refractivity contribution in [2.45, 2.75) is 118 Å². The number of aromatic nitrogens is 2. The molecule has 0 radical (unpaired) electrons. The van der Waals surface area contributed by atoms with Crippen LogP contribution in [0, 0.1) is 0 Å². The minimum Gasteiger partial charge on any atom is -0.444 e. The van der Waals surface area contributed by atoms with Crippen LogP contribution in [0.2, 0.25) is 0 Å². The van der Waals surface area contributed by atoms with E-state index in [1.165, 1.54) is 45.1 Å². The fourth-order valence-electron chi connectivity index (χ4n) is 7.42. The van der Waals surface area contributed by atoms with Gasteiger partial charge in [-0.05, 0) is 88.3 Å². The number of amides is 4. The standard InChI is InChI=1S/C24H28N4O2S2.C21H30N4O3S2.C6H7N.CO2/c1-15(2)25-13-12-20(29)28-24-21(17-10-6-7-11-19(17)32-24)23-27-18(14-31-23)22(30)26-16-8-4-3-5-9-16;1-13(2)22-8-6-16(26)24-19-17(18-23-9-11-29-18)14-7-10-25(12-15(14)30-19)20(27)28-21(3,4)5;7-6-4-2-1-3-5-6;2-1-3/h3-5,8-9,14-15,25H,6-7,10-13H2,1-2H3,(H,26,30)(H,28,29);9,11,13,22H,6-8,10,12H2,1-5H3,(H,24,26);1-5H,7H2;. The number of anilines is 4. The molecule has 2 aromatic carbocycles. The lowest BCUT2D eigenvalue weighted by Gasteiger charge is -2.30. The van der Waals surface area contributed by atoms with Crippen LogP contribution >= 0.6 is 45.3 Å². The first-order valence-corrected chi connectivity index (χ1v) is 27.2. The summed E-state index contributed by atoms with van der Waals surface area (Å²) < 4.78 is 5.53. The molecular weight excluding hydrogens is 991 g/mol. The van der Waals surface area contributed by atoms with Gasteiger partial charge in [-0.1, -0.05) is 64.1 Å². The number of thiophene rings is 2. The highest BCUT2D eigenvalue weighted by molar-refractivity contribution is 7.19. The van der Waals surface area contributed by atoms with E-state index in [9.17, 15) is 19.2 Å². The number of carbonyl (C=O) groups excluding carboxylic acids is 6. The Labute approximate surface area is 437 Å². The molecule has 8 rings (SSSR count). The summed E-state index contributed by atoms with van der Waals surface area (Å²) in [7, 11) is 0. The van der Waals surface area contributed by atoms with Gasteiger partial charge in [-0.15, -0.1) is 45.3 Å². The maximum atomic E-state index is 12.7. The Bertz CT molecular complexity index is 2710. The van der Waals surface area contributed by atoms with Crippen LogP contribution in [0.3, 0.4) is 0 Å². The second-order valence-electron chi connectivity index (χ2n) is 18.3. The summed E-state index contributed by atoms with van der Waals surface area (Å²) in [5.74, 6) is -0.256. The number of nitrogens with one attached hydrogen (secondary N) is 5. The predicted molar refractivity (Wildman–Crippen MR) is 291 cm³/mol. The molecule has 0 unspecified atom stereocenters. The first-order valence-electron chi connectivity index (χ1n) is 23.8. The van der Waals surface area contributed by atoms with E-state index in [4.69, 9.17) is 20.1 Å². The van der Waals surface area contributed by atoms with Gasteiger partial charge >= 0.3 is 12.2 Å². The highest BCUT2D eigenvalue weighted by Crippen LogP contribution is 2.46. The monoisotopic (exact) mass is 1060 g/mol. The van der Waals surface area contributed by atoms with Crippen molar-refractivity contribution in [3.8, 4) is 21.1 Å². The Hall–Kier alpha value is -6.12. The molecule has 7 N–H and O–H groups in total. The minimum absolute atomic E-state index is 0.00315. The van der Waals surface area contributed by atoms with Crippen molar-refractivity contribution in [2.75, 3.05) is 41.3 Å². The maximum Gasteiger partial charge on any atom is 0.410 e. The van der Waals surface area contributed by atoms with Crippen LogP contribution in [0.1, 0.15) is 106 Å². The number of aryl methyl sites for hydroxylation is 1. The van der Waals surface area contributed by atoms with Crippen LogP contribution in [-0.4, -0.2) is 82.2 Å². The number of hydrogen-bond donors (Lipinski definition) is 6. The predicted octanol–water partition coefficient (Wildman–Crippen LogP) is 10.5. The summed E-state index contributed by atoms with van der Waals surface area (Å²) in [6.07, 6.45) is 7.58. The topological polar surface area (TPSA) is 227 Å². The third-order valence-corrected chi connectivity index (χ3v) is 14.6. The summed E-state index contributed by atoms with van der Waals surface area (Å²) >= 11 is 6.20. The number of para-hydroxylation sites is 2. The van der Waals surface area contributed by atoms with E-state index in [0.29, 0.717) is 63.2 Å². The van der Waals surface area contributed by atoms with Gasteiger partial charge in [0.2, 0.25) is 11.8 Å². The molecule has 4 aromatic heterocycles. The van der Waals surface area contributed by atoms with Crippen molar-refractivity contribution >= 4 is 96.7 Å². The minimum atomic E-state index is -0.526. The second-order valence-corrected chi connectivity index (χ2v) is 22.2. The molecule has 5 heterocycles. The largest absolute Gasteiger partial charge is 0.444 e. The van der Waals surface area contributed by atoms with Gasteiger partial charge < -0.3 is 42.0 Å². The molecule has 0 saturated carbocycles. The number of hydrogen-bond acceptors (Lipinski definition) is 16. The van der Waals surface area contributed by atoms with Crippen molar-refractivity contribution in [2.24, 2.45) is 0 Å². The Morgan fingerprint density at radius 2 is 1.31 bits per heavy atom. The number of carbonyl (C=O) groups is 4. The molecule has 384 valence electrons. The highest BCUT2D eigenvalue weighted by atomic mass is 32.1. The van der Waals surface area contributed by atoms with Crippen molar-refractivity contribution < 1.29 is 33.5 Å². The summed E-state index contributed by atoms with van der Waals surface area (Å²) in [5.41, 5.74) is 11.2. The first-order chi connectivity index (χ1) is 34.5. The molecule has 0 saturated heterocycles. The van der Waals surface area contributed by atoms with Crippen molar-refractivity contribution in [3.63, 3.8) is 0 Å². The third kappa shape index (κ3) is 17.9. The van der Waals surface area contributed by atoms with E-state index >= 15 is 0 Å². The van der Waals surface area contributed by atoms with E-state index in [2.05, 4.69) is 64.2 Å². The summed E-state index contributed by atoms with van der Waals surface area (Å²) in [4.78, 5) is 79.8. The maximum absolute atomic E-state index is 12.7. The van der Waals surface area contributed by atoms with Crippen LogP contribution < -0.4 is 32.3 Å². The van der Waals surface area contributed by atoms with Crippen LogP contribution in [0.15, 0.2) is 77.6 Å². The Balaban J connectivity index is 0.000000225. The number of nitrogens with two attached hydrogens (primary N) is 1. The average Bonchev–Trinajstić information content (AvgIpc) is 4.16. The number of fused-ring (bicyclic) bond motifs is 2. The number of nitrogen functional groups attached to an aromatic ring is 1. The summed E-state index contributed by atoms with van der Waals surface area (Å²) in [6, 6.07) is 19.5. The van der Waals surface area contributed by atoms with E-state index in [-0.39, 0.29) is 30.0 Å². The van der Waals surface area contributed by atoms with E-state index in [0.717, 1.165) is 66.7 Å². The lowest BCUT2D eigenvalue weighted by atomic mass is 9.95. The molecule has 2 aliphatic rings. The summed E-state index contributed by atoms with van der Waals surface area (Å²) in [6.45, 7) is 16.2. The van der Waals surface area contributed by atoms with Gasteiger partial charge in [0.15, 0.2) is 0 Å². The van der Waals surface area contributed by atoms with Crippen LogP contribution in [0.25, 0.3) is 21.1 Å². The average molecular weight is 1060 g/mol. The van der Waals surface area contributed by atoms with Gasteiger partial charge in [0.1, 0.15) is 31.3 Å². The Morgan fingerprint density at radius 3 is 1.85 bits per heavy atom. The van der Waals surface area contributed by atoms with Gasteiger partial charge in [0.25, 0.3) is 5.91 Å². The van der Waals surface area contributed by atoms with Crippen LogP contribution in [-0.2, 0) is 49.7 Å². The second kappa shape index (κ2) is 28.2. The van der Waals surface area contributed by atoms with Crippen molar-refractivity contribution in [3.05, 3.63) is 104 Å². The van der Waals surface area contributed by atoms with E-state index < -0.39 is 5.60 Å². The molecule has 6 aromatic rings. The zero-order chi connectivity index (χ0) is 52.2. The van der Waals surface area contributed by atoms with Gasteiger partial charge in [-0.25, -0.2) is 14.8 Å². The normalized spacial score (nSPS) is 12.6. The molecule has 16 nitrogen and oxygen atoms in total. The molecule has 20 heteroatoms.